The van der Waals surface area contributed by atoms with Crippen LogP contribution in [0.5, 0.6) is 0 Å². The van der Waals surface area contributed by atoms with Crippen LogP contribution in [0, 0.1) is 5.41 Å². The number of piperidine rings is 1. The lowest BCUT2D eigenvalue weighted by Crippen LogP contribution is -2.35. The van der Waals surface area contributed by atoms with Crippen LogP contribution in [0.15, 0.2) is 46.2 Å². The van der Waals surface area contributed by atoms with E-state index in [1.165, 1.54) is 35.8 Å². The lowest BCUT2D eigenvalue weighted by atomic mass is 9.93. The van der Waals surface area contributed by atoms with Crippen molar-refractivity contribution in [3.63, 3.8) is 0 Å². The van der Waals surface area contributed by atoms with Gasteiger partial charge in [0, 0.05) is 45.3 Å². The van der Waals surface area contributed by atoms with Gasteiger partial charge < -0.3 is 19.5 Å². The van der Waals surface area contributed by atoms with E-state index in [0.29, 0.717) is 35.5 Å². The summed E-state index contributed by atoms with van der Waals surface area (Å²) in [6.45, 7) is 2.36. The smallest absolute Gasteiger partial charge is 0.257 e. The molecule has 2 fully saturated rings. The quantitative estimate of drug-likeness (QED) is 0.683. The van der Waals surface area contributed by atoms with Gasteiger partial charge in [0.1, 0.15) is 0 Å². The molecule has 0 unspecified atom stereocenters. The van der Waals surface area contributed by atoms with Crippen molar-refractivity contribution in [2.45, 2.75) is 37.1 Å². The fraction of sp³-hybridized carbons (Fsp3) is 0.478. The van der Waals surface area contributed by atoms with Crippen LogP contribution >= 0.6 is 0 Å². The van der Waals surface area contributed by atoms with E-state index in [9.17, 15) is 18.0 Å². The van der Waals surface area contributed by atoms with Crippen molar-refractivity contribution in [3.05, 3.63) is 52.4 Å². The van der Waals surface area contributed by atoms with Gasteiger partial charge in [-0.15, -0.1) is 0 Å². The average molecular weight is 460 g/mol. The number of ether oxygens (including phenoxy) is 1. The number of nitrogens with one attached hydrogen (secondary N) is 1. The Morgan fingerprint density at radius 2 is 1.84 bits per heavy atom. The van der Waals surface area contributed by atoms with Crippen molar-refractivity contribution in [2.75, 3.05) is 43.3 Å². The van der Waals surface area contributed by atoms with Gasteiger partial charge in [0.15, 0.2) is 9.84 Å². The van der Waals surface area contributed by atoms with Crippen molar-refractivity contribution < 1.29 is 17.9 Å². The van der Waals surface area contributed by atoms with E-state index >= 15 is 0 Å². The number of carbonyl (C=O) groups excluding carboxylic acids is 1. The van der Waals surface area contributed by atoms with Crippen LogP contribution < -0.4 is 15.8 Å². The first-order valence-corrected chi connectivity index (χ1v) is 12.7. The van der Waals surface area contributed by atoms with Gasteiger partial charge in [-0.25, -0.2) is 8.42 Å². The summed E-state index contributed by atoms with van der Waals surface area (Å²) in [5.74, 6) is -0.344. The Bertz CT molecular complexity index is 1170. The zero-order valence-corrected chi connectivity index (χ0v) is 19.3. The first-order valence-electron chi connectivity index (χ1n) is 10.8. The monoisotopic (exact) mass is 459 g/mol. The molecule has 32 heavy (non-hydrogen) atoms. The Hall–Kier alpha value is -2.65. The summed E-state index contributed by atoms with van der Waals surface area (Å²) >= 11 is 0. The summed E-state index contributed by atoms with van der Waals surface area (Å²) in [6, 6.07) is 7.61. The van der Waals surface area contributed by atoms with Gasteiger partial charge >= 0.3 is 0 Å². The number of anilines is 2. The van der Waals surface area contributed by atoms with Gasteiger partial charge in [0.05, 0.1) is 28.4 Å². The minimum absolute atomic E-state index is 0.180. The Morgan fingerprint density at radius 1 is 1.12 bits per heavy atom. The third-order valence-electron chi connectivity index (χ3n) is 6.54. The van der Waals surface area contributed by atoms with Gasteiger partial charge in [-0.1, -0.05) is 0 Å². The number of methoxy groups -OCH3 is 1. The highest BCUT2D eigenvalue weighted by Crippen LogP contribution is 2.54. The highest BCUT2D eigenvalue weighted by atomic mass is 32.2. The minimum Gasteiger partial charge on any atom is -0.383 e. The second-order valence-electron chi connectivity index (χ2n) is 8.83. The summed E-state index contributed by atoms with van der Waals surface area (Å²) in [6.07, 6.45) is 7.39. The van der Waals surface area contributed by atoms with Crippen LogP contribution in [0.25, 0.3) is 0 Å². The number of hydrogen-bond acceptors (Lipinski definition) is 6. The van der Waals surface area contributed by atoms with Crippen molar-refractivity contribution in [1.29, 1.82) is 0 Å². The van der Waals surface area contributed by atoms with Crippen molar-refractivity contribution >= 4 is 27.1 Å². The fourth-order valence-corrected chi connectivity index (χ4v) is 4.90. The third-order valence-corrected chi connectivity index (χ3v) is 7.65. The molecule has 0 bridgehead atoms. The molecule has 1 N–H and O–H groups in total. The number of aromatic nitrogens is 1. The molecule has 1 amide bonds. The van der Waals surface area contributed by atoms with Crippen molar-refractivity contribution in [2.24, 2.45) is 5.41 Å². The average Bonchev–Trinajstić information content (AvgIpc) is 3.52. The van der Waals surface area contributed by atoms with E-state index in [-0.39, 0.29) is 16.4 Å². The Labute approximate surface area is 188 Å². The minimum atomic E-state index is -3.40. The number of carbonyl (C=O) groups is 1. The van der Waals surface area contributed by atoms with Crippen LogP contribution in [0.4, 0.5) is 11.4 Å². The van der Waals surface area contributed by atoms with E-state index in [1.54, 1.807) is 31.5 Å². The second-order valence-corrected chi connectivity index (χ2v) is 10.9. The predicted octanol–water partition coefficient (Wildman–Crippen LogP) is 2.53. The Balaban J connectivity index is 1.62. The molecule has 1 aromatic heterocycles. The normalized spacial score (nSPS) is 17.4. The molecular formula is C23H29N3O5S. The molecule has 4 rings (SSSR count). The molecule has 1 aliphatic heterocycles. The first-order chi connectivity index (χ1) is 15.2. The molecule has 2 aliphatic rings. The maximum absolute atomic E-state index is 13.2. The number of pyridine rings is 1. The maximum atomic E-state index is 13.2. The van der Waals surface area contributed by atoms with Crippen LogP contribution in [0.2, 0.25) is 0 Å². The number of nitrogens with zero attached hydrogens (tertiary/aromatic N) is 2. The molecule has 2 aromatic rings. The second kappa shape index (κ2) is 8.71. The summed E-state index contributed by atoms with van der Waals surface area (Å²) in [5, 5.41) is 2.85. The molecular weight excluding hydrogens is 430 g/mol. The molecule has 1 aromatic carbocycles. The number of benzene rings is 1. The molecule has 1 saturated carbocycles. The van der Waals surface area contributed by atoms with Crippen LogP contribution in [-0.4, -0.2) is 52.0 Å². The highest BCUT2D eigenvalue weighted by Gasteiger charge is 2.44. The summed E-state index contributed by atoms with van der Waals surface area (Å²) in [5.41, 5.74) is 1.82. The Kier molecular flexibility index (Phi) is 6.13. The van der Waals surface area contributed by atoms with E-state index in [4.69, 9.17) is 4.74 Å². The topological polar surface area (TPSA) is 97.7 Å². The van der Waals surface area contributed by atoms with Gasteiger partial charge in [-0.05, 0) is 55.4 Å². The standard InChI is InChI=1S/C23H29N3O5S/c1-31-14-13-26-16-17(3-6-21(26)27)24-22(28)19-5-4-18(32(2,29)30)15-20(19)25-11-9-23(7-8-23)10-12-25/h3-6,15-16H,7-14H2,1-2H3,(H,24,28). The molecule has 2 heterocycles. The lowest BCUT2D eigenvalue weighted by molar-refractivity contribution is 0.102. The molecule has 9 heteroatoms. The molecule has 8 nitrogen and oxygen atoms in total. The molecule has 172 valence electrons. The van der Waals surface area contributed by atoms with E-state index in [0.717, 1.165) is 25.9 Å². The summed E-state index contributed by atoms with van der Waals surface area (Å²) in [4.78, 5) is 27.5. The number of rotatable bonds is 7. The van der Waals surface area contributed by atoms with Gasteiger partial charge in [-0.2, -0.15) is 0 Å². The van der Waals surface area contributed by atoms with E-state index < -0.39 is 9.84 Å². The summed E-state index contributed by atoms with van der Waals surface area (Å²) in [7, 11) is -1.84. The predicted molar refractivity (Wildman–Crippen MR) is 123 cm³/mol. The molecule has 1 aliphatic carbocycles. The van der Waals surface area contributed by atoms with Crippen LogP contribution in [-0.2, 0) is 21.1 Å². The van der Waals surface area contributed by atoms with Gasteiger partial charge in [-0.3, -0.25) is 9.59 Å². The molecule has 1 spiro atoms. The zero-order valence-electron chi connectivity index (χ0n) is 18.5. The van der Waals surface area contributed by atoms with Crippen molar-refractivity contribution in [3.8, 4) is 0 Å². The lowest BCUT2D eigenvalue weighted by Gasteiger charge is -2.35. The first kappa shape index (κ1) is 22.5. The molecule has 0 radical (unpaired) electrons. The van der Waals surface area contributed by atoms with Gasteiger partial charge in [0.2, 0.25) is 0 Å². The SMILES string of the molecule is COCCn1cc(NC(=O)c2ccc(S(C)(=O)=O)cc2N2CCC3(CC2)CC3)ccc1=O. The number of amides is 1. The Morgan fingerprint density at radius 3 is 2.47 bits per heavy atom. The van der Waals surface area contributed by atoms with Crippen LogP contribution in [0.3, 0.4) is 0 Å². The van der Waals surface area contributed by atoms with Gasteiger partial charge in [0.25, 0.3) is 11.5 Å². The zero-order chi connectivity index (χ0) is 22.9. The molecule has 0 atom stereocenters. The highest BCUT2D eigenvalue weighted by molar-refractivity contribution is 7.90. The fourth-order valence-electron chi connectivity index (χ4n) is 4.26. The van der Waals surface area contributed by atoms with E-state index in [1.807, 2.05) is 0 Å². The maximum Gasteiger partial charge on any atom is 0.257 e. The van der Waals surface area contributed by atoms with Crippen LogP contribution in [0.1, 0.15) is 36.0 Å². The summed E-state index contributed by atoms with van der Waals surface area (Å²) < 4.78 is 30.8. The number of hydrogen-bond donors (Lipinski definition) is 1. The third kappa shape index (κ3) is 4.88. The van der Waals surface area contributed by atoms with E-state index in [2.05, 4.69) is 10.2 Å². The molecule has 1 saturated heterocycles. The number of sulfone groups is 1. The largest absolute Gasteiger partial charge is 0.383 e. The van der Waals surface area contributed by atoms with Crippen molar-refractivity contribution in [1.82, 2.24) is 4.57 Å².